The highest BCUT2D eigenvalue weighted by molar-refractivity contribution is 5.89. The Morgan fingerprint density at radius 3 is 2.40 bits per heavy atom. The molecule has 0 aliphatic carbocycles. The average molecular weight is 538 g/mol. The SMILES string of the molecule is Cc1ccc(NC(=O)N2CCN(c3cnn(-c4ccccc4)c(=O)c3N(C)CCc3ccccn3)CC2)cc1C. The Bertz CT molecular complexity index is 1510. The smallest absolute Gasteiger partial charge is 0.321 e. The number of piperazine rings is 1. The van der Waals surface area contributed by atoms with Crippen molar-refractivity contribution in [2.75, 3.05) is 54.9 Å². The number of benzene rings is 2. The van der Waals surface area contributed by atoms with E-state index in [2.05, 4.69) is 27.2 Å². The molecule has 1 N–H and O–H groups in total. The quantitative estimate of drug-likeness (QED) is 0.379. The highest BCUT2D eigenvalue weighted by atomic mass is 16.2. The van der Waals surface area contributed by atoms with Crippen molar-refractivity contribution < 1.29 is 4.79 Å². The van der Waals surface area contributed by atoms with Gasteiger partial charge in [-0.1, -0.05) is 30.3 Å². The van der Waals surface area contributed by atoms with Crippen LogP contribution in [-0.2, 0) is 6.42 Å². The van der Waals surface area contributed by atoms with E-state index < -0.39 is 0 Å². The van der Waals surface area contributed by atoms with Crippen LogP contribution in [0, 0.1) is 13.8 Å². The number of para-hydroxylation sites is 1. The minimum Gasteiger partial charge on any atom is -0.368 e. The van der Waals surface area contributed by atoms with Gasteiger partial charge in [-0.25, -0.2) is 4.79 Å². The molecule has 0 radical (unpaired) electrons. The van der Waals surface area contributed by atoms with E-state index in [9.17, 15) is 9.59 Å². The summed E-state index contributed by atoms with van der Waals surface area (Å²) in [5.74, 6) is 0. The lowest BCUT2D eigenvalue weighted by Crippen LogP contribution is -2.51. The van der Waals surface area contributed by atoms with Crippen LogP contribution in [0.3, 0.4) is 0 Å². The summed E-state index contributed by atoms with van der Waals surface area (Å²) in [6.45, 7) is 6.98. The van der Waals surface area contributed by atoms with Crippen LogP contribution in [0.2, 0.25) is 0 Å². The zero-order chi connectivity index (χ0) is 28.1. The summed E-state index contributed by atoms with van der Waals surface area (Å²) in [5, 5.41) is 7.56. The van der Waals surface area contributed by atoms with Gasteiger partial charge < -0.3 is 20.0 Å². The van der Waals surface area contributed by atoms with Gasteiger partial charge in [0.1, 0.15) is 5.69 Å². The van der Waals surface area contributed by atoms with Crippen molar-refractivity contribution in [2.45, 2.75) is 20.3 Å². The second-order valence-corrected chi connectivity index (χ2v) is 10.1. The molecule has 9 heteroatoms. The van der Waals surface area contributed by atoms with Gasteiger partial charge in [-0.2, -0.15) is 9.78 Å². The fourth-order valence-corrected chi connectivity index (χ4v) is 4.89. The fourth-order valence-electron chi connectivity index (χ4n) is 4.89. The van der Waals surface area contributed by atoms with Crippen LogP contribution in [0.4, 0.5) is 21.9 Å². The molecular weight excluding hydrogens is 502 g/mol. The van der Waals surface area contributed by atoms with Gasteiger partial charge in [-0.3, -0.25) is 9.78 Å². The third kappa shape index (κ3) is 5.98. The summed E-state index contributed by atoms with van der Waals surface area (Å²) in [4.78, 5) is 37.2. The normalized spacial score (nSPS) is 13.3. The molecule has 0 atom stereocenters. The number of nitrogens with zero attached hydrogens (tertiary/aromatic N) is 6. The number of likely N-dealkylation sites (N-methyl/N-ethyl adjacent to an activating group) is 1. The highest BCUT2D eigenvalue weighted by Crippen LogP contribution is 2.26. The maximum atomic E-state index is 13.9. The summed E-state index contributed by atoms with van der Waals surface area (Å²) >= 11 is 0. The maximum absolute atomic E-state index is 13.9. The molecule has 0 spiro atoms. The summed E-state index contributed by atoms with van der Waals surface area (Å²) in [6.07, 6.45) is 4.26. The Kier molecular flexibility index (Phi) is 8.10. The number of anilines is 3. The second-order valence-electron chi connectivity index (χ2n) is 10.1. The third-order valence-electron chi connectivity index (χ3n) is 7.41. The number of pyridine rings is 1. The van der Waals surface area contributed by atoms with Crippen LogP contribution >= 0.6 is 0 Å². The first kappa shape index (κ1) is 26.9. The minimum absolute atomic E-state index is 0.117. The molecule has 3 heterocycles. The molecular formula is C31H35N7O2. The van der Waals surface area contributed by atoms with Crippen molar-refractivity contribution in [1.29, 1.82) is 0 Å². The molecule has 2 amide bonds. The third-order valence-corrected chi connectivity index (χ3v) is 7.41. The van der Waals surface area contributed by atoms with Gasteiger partial charge in [-0.05, 0) is 61.4 Å². The predicted molar refractivity (Wildman–Crippen MR) is 160 cm³/mol. The van der Waals surface area contributed by atoms with Crippen LogP contribution in [0.1, 0.15) is 16.8 Å². The lowest BCUT2D eigenvalue weighted by Gasteiger charge is -2.37. The van der Waals surface area contributed by atoms with Crippen molar-refractivity contribution in [3.05, 3.63) is 106 Å². The first-order valence-electron chi connectivity index (χ1n) is 13.6. The number of hydrogen-bond acceptors (Lipinski definition) is 6. The summed E-state index contributed by atoms with van der Waals surface area (Å²) in [5.41, 5.74) is 5.99. The summed E-state index contributed by atoms with van der Waals surface area (Å²) in [7, 11) is 1.94. The summed E-state index contributed by atoms with van der Waals surface area (Å²) < 4.78 is 1.45. The van der Waals surface area contributed by atoms with E-state index in [1.165, 1.54) is 10.2 Å². The van der Waals surface area contributed by atoms with Gasteiger partial charge >= 0.3 is 6.03 Å². The number of rotatable bonds is 7. The van der Waals surface area contributed by atoms with Crippen molar-refractivity contribution >= 4 is 23.1 Å². The Morgan fingerprint density at radius 1 is 0.950 bits per heavy atom. The molecule has 2 aromatic heterocycles. The van der Waals surface area contributed by atoms with Crippen LogP contribution in [-0.4, -0.2) is 65.5 Å². The molecule has 0 saturated carbocycles. The van der Waals surface area contributed by atoms with Crippen molar-refractivity contribution in [3.8, 4) is 5.69 Å². The van der Waals surface area contributed by atoms with Crippen molar-refractivity contribution in [2.24, 2.45) is 0 Å². The monoisotopic (exact) mass is 537 g/mol. The van der Waals surface area contributed by atoms with Gasteiger partial charge in [0.2, 0.25) is 0 Å². The van der Waals surface area contributed by atoms with E-state index in [0.717, 1.165) is 22.6 Å². The fraction of sp³-hybridized carbons (Fsp3) is 0.290. The van der Waals surface area contributed by atoms with E-state index in [1.807, 2.05) is 90.5 Å². The molecule has 4 aromatic rings. The maximum Gasteiger partial charge on any atom is 0.321 e. The van der Waals surface area contributed by atoms with Crippen molar-refractivity contribution in [1.82, 2.24) is 19.7 Å². The molecule has 1 aliphatic heterocycles. The summed E-state index contributed by atoms with van der Waals surface area (Å²) in [6, 6.07) is 21.1. The largest absolute Gasteiger partial charge is 0.368 e. The molecule has 9 nitrogen and oxygen atoms in total. The number of amides is 2. The first-order chi connectivity index (χ1) is 19.4. The lowest BCUT2D eigenvalue weighted by atomic mass is 10.1. The molecule has 1 saturated heterocycles. The molecule has 1 aliphatic rings. The van der Waals surface area contributed by atoms with Crippen LogP contribution < -0.4 is 20.7 Å². The van der Waals surface area contributed by atoms with Gasteiger partial charge in [0.15, 0.2) is 0 Å². The van der Waals surface area contributed by atoms with Gasteiger partial charge in [-0.15, -0.1) is 0 Å². The Balaban J connectivity index is 1.35. The van der Waals surface area contributed by atoms with Gasteiger partial charge in [0, 0.05) is 63.8 Å². The number of carbonyl (C=O) groups is 1. The first-order valence-corrected chi connectivity index (χ1v) is 13.6. The zero-order valence-corrected chi connectivity index (χ0v) is 23.2. The number of hydrogen-bond donors (Lipinski definition) is 1. The van der Waals surface area contributed by atoms with E-state index in [1.54, 1.807) is 12.4 Å². The van der Waals surface area contributed by atoms with E-state index in [0.29, 0.717) is 50.5 Å². The van der Waals surface area contributed by atoms with E-state index in [-0.39, 0.29) is 11.6 Å². The molecule has 5 rings (SSSR count). The average Bonchev–Trinajstić information content (AvgIpc) is 2.98. The van der Waals surface area contributed by atoms with Gasteiger partial charge in [0.25, 0.3) is 5.56 Å². The van der Waals surface area contributed by atoms with Gasteiger partial charge in [0.05, 0.1) is 17.6 Å². The molecule has 1 fully saturated rings. The Labute approximate surface area is 234 Å². The van der Waals surface area contributed by atoms with Crippen molar-refractivity contribution in [3.63, 3.8) is 0 Å². The number of urea groups is 1. The minimum atomic E-state index is -0.179. The predicted octanol–water partition coefficient (Wildman–Crippen LogP) is 4.28. The molecule has 0 bridgehead atoms. The van der Waals surface area contributed by atoms with E-state index in [4.69, 9.17) is 0 Å². The van der Waals surface area contributed by atoms with Crippen LogP contribution in [0.15, 0.2) is 83.9 Å². The second kappa shape index (κ2) is 12.0. The lowest BCUT2D eigenvalue weighted by molar-refractivity contribution is 0.208. The Hall–Kier alpha value is -4.66. The molecule has 0 unspecified atom stereocenters. The Morgan fingerprint density at radius 2 is 1.70 bits per heavy atom. The number of aromatic nitrogens is 3. The number of aryl methyl sites for hydroxylation is 2. The number of nitrogens with one attached hydrogen (secondary N) is 1. The molecule has 40 heavy (non-hydrogen) atoms. The highest BCUT2D eigenvalue weighted by Gasteiger charge is 2.26. The number of carbonyl (C=O) groups excluding carboxylic acids is 1. The molecule has 206 valence electrons. The van der Waals surface area contributed by atoms with Crippen LogP contribution in [0.25, 0.3) is 5.69 Å². The topological polar surface area (TPSA) is 86.6 Å². The van der Waals surface area contributed by atoms with Crippen LogP contribution in [0.5, 0.6) is 0 Å². The van der Waals surface area contributed by atoms with E-state index >= 15 is 0 Å². The standard InChI is InChI=1S/C31H35N7O2/c1-23-12-13-26(21-24(23)2)34-31(40)37-19-17-36(18-20-37)28-22-33-38(27-10-5-4-6-11-27)30(39)29(28)35(3)16-14-25-9-7-8-15-32-25/h4-13,15,21-22H,14,16-20H2,1-3H3,(H,34,40). The zero-order valence-electron chi connectivity index (χ0n) is 23.2. The molecule has 2 aromatic carbocycles.